The number of hydrogen-bond donors (Lipinski definition) is 1. The van der Waals surface area contributed by atoms with Crippen molar-refractivity contribution in [3.8, 4) is 5.75 Å². The Kier molecular flexibility index (Phi) is 6.99. The molecule has 1 rings (SSSR count). The van der Waals surface area contributed by atoms with Gasteiger partial charge in [-0.3, -0.25) is 4.90 Å². The molecule has 0 fully saturated rings. The molecular formula is C16H28N2O2. The van der Waals surface area contributed by atoms with Crippen molar-refractivity contribution in [3.63, 3.8) is 0 Å². The Labute approximate surface area is 122 Å². The molecule has 114 valence electrons. The van der Waals surface area contributed by atoms with Crippen LogP contribution in [0.4, 0.5) is 0 Å². The lowest BCUT2D eigenvalue weighted by Crippen LogP contribution is -2.33. The first kappa shape index (κ1) is 17.0. The summed E-state index contributed by atoms with van der Waals surface area (Å²) in [5, 5.41) is 0. The maximum atomic E-state index is 5.97. The number of rotatable bonds is 8. The Bertz CT molecular complexity index is 405. The highest BCUT2D eigenvalue weighted by molar-refractivity contribution is 5.38. The minimum absolute atomic E-state index is 0.0335. The Hall–Kier alpha value is -1.10. The van der Waals surface area contributed by atoms with Crippen LogP contribution in [0.5, 0.6) is 5.75 Å². The Morgan fingerprint density at radius 2 is 1.90 bits per heavy atom. The zero-order valence-corrected chi connectivity index (χ0v) is 13.3. The van der Waals surface area contributed by atoms with Crippen molar-refractivity contribution in [1.29, 1.82) is 0 Å². The molecule has 0 aromatic heterocycles. The lowest BCUT2D eigenvalue weighted by atomic mass is 10.0. The molecule has 1 atom stereocenters. The fraction of sp³-hybridized carbons (Fsp3) is 0.625. The molecule has 0 bridgehead atoms. The highest BCUT2D eigenvalue weighted by Gasteiger charge is 2.14. The van der Waals surface area contributed by atoms with E-state index >= 15 is 0 Å². The van der Waals surface area contributed by atoms with Crippen LogP contribution in [0.3, 0.4) is 0 Å². The molecular weight excluding hydrogens is 252 g/mol. The maximum Gasteiger partial charge on any atom is 0.123 e. The first-order chi connectivity index (χ1) is 9.49. The number of ether oxygens (including phenoxy) is 2. The van der Waals surface area contributed by atoms with Crippen molar-refractivity contribution in [1.82, 2.24) is 4.90 Å². The molecule has 0 amide bonds. The van der Waals surface area contributed by atoms with E-state index in [1.807, 2.05) is 19.1 Å². The summed E-state index contributed by atoms with van der Waals surface area (Å²) in [5.74, 6) is 0.914. The van der Waals surface area contributed by atoms with E-state index in [0.717, 1.165) is 31.0 Å². The van der Waals surface area contributed by atoms with E-state index in [2.05, 4.69) is 24.8 Å². The Balaban J connectivity index is 2.93. The predicted molar refractivity (Wildman–Crippen MR) is 83.0 cm³/mol. The lowest BCUT2D eigenvalue weighted by molar-refractivity contribution is 0.124. The van der Waals surface area contributed by atoms with Crippen molar-refractivity contribution in [2.45, 2.75) is 39.4 Å². The second-order valence-electron chi connectivity index (χ2n) is 5.42. The van der Waals surface area contributed by atoms with Gasteiger partial charge in [-0.1, -0.05) is 6.07 Å². The maximum absolute atomic E-state index is 5.97. The molecule has 0 radical (unpaired) electrons. The first-order valence-electron chi connectivity index (χ1n) is 7.15. The van der Waals surface area contributed by atoms with Gasteiger partial charge >= 0.3 is 0 Å². The molecule has 0 saturated heterocycles. The van der Waals surface area contributed by atoms with Gasteiger partial charge in [-0.05, 0) is 38.5 Å². The summed E-state index contributed by atoms with van der Waals surface area (Å²) in [7, 11) is 3.44. The fourth-order valence-electron chi connectivity index (χ4n) is 2.15. The molecule has 0 heterocycles. The molecule has 20 heavy (non-hydrogen) atoms. The minimum atomic E-state index is 0.0335. The zero-order valence-electron chi connectivity index (χ0n) is 13.3. The van der Waals surface area contributed by atoms with Crippen LogP contribution in [-0.2, 0) is 11.3 Å². The quantitative estimate of drug-likeness (QED) is 0.795. The molecule has 1 aromatic rings. The first-order valence-corrected chi connectivity index (χ1v) is 7.15. The van der Waals surface area contributed by atoms with Gasteiger partial charge in [0.25, 0.3) is 0 Å². The zero-order chi connectivity index (χ0) is 15.1. The highest BCUT2D eigenvalue weighted by atomic mass is 16.5. The van der Waals surface area contributed by atoms with Crippen LogP contribution in [-0.4, -0.2) is 38.3 Å². The third-order valence-corrected chi connectivity index (χ3v) is 3.52. The van der Waals surface area contributed by atoms with Crippen molar-refractivity contribution < 1.29 is 9.47 Å². The van der Waals surface area contributed by atoms with Gasteiger partial charge in [0.2, 0.25) is 0 Å². The summed E-state index contributed by atoms with van der Waals surface area (Å²) in [6.45, 7) is 8.85. The van der Waals surface area contributed by atoms with Crippen LogP contribution >= 0.6 is 0 Å². The normalized spacial score (nSPS) is 13.0. The van der Waals surface area contributed by atoms with Gasteiger partial charge in [0.05, 0.1) is 13.7 Å². The minimum Gasteiger partial charge on any atom is -0.496 e. The van der Waals surface area contributed by atoms with E-state index in [0.29, 0.717) is 6.04 Å². The van der Waals surface area contributed by atoms with Gasteiger partial charge in [-0.25, -0.2) is 0 Å². The number of methoxy groups -OCH3 is 2. The Morgan fingerprint density at radius 1 is 1.20 bits per heavy atom. The second kappa shape index (κ2) is 8.25. The molecule has 0 aliphatic heterocycles. The van der Waals surface area contributed by atoms with Crippen LogP contribution in [0.15, 0.2) is 18.2 Å². The third-order valence-electron chi connectivity index (χ3n) is 3.52. The van der Waals surface area contributed by atoms with E-state index in [9.17, 15) is 0 Å². The van der Waals surface area contributed by atoms with Crippen LogP contribution in [0.1, 0.15) is 37.9 Å². The summed E-state index contributed by atoms with van der Waals surface area (Å²) >= 11 is 0. The largest absolute Gasteiger partial charge is 0.496 e. The van der Waals surface area contributed by atoms with Crippen molar-refractivity contribution in [3.05, 3.63) is 29.3 Å². The van der Waals surface area contributed by atoms with E-state index in [-0.39, 0.29) is 6.04 Å². The van der Waals surface area contributed by atoms with E-state index in [1.165, 1.54) is 5.56 Å². The predicted octanol–water partition coefficient (Wildman–Crippen LogP) is 2.57. The Morgan fingerprint density at radius 3 is 2.40 bits per heavy atom. The monoisotopic (exact) mass is 280 g/mol. The molecule has 0 spiro atoms. The topological polar surface area (TPSA) is 47.7 Å². The smallest absolute Gasteiger partial charge is 0.123 e. The van der Waals surface area contributed by atoms with Crippen LogP contribution in [0.2, 0.25) is 0 Å². The van der Waals surface area contributed by atoms with Crippen molar-refractivity contribution in [2.24, 2.45) is 5.73 Å². The molecule has 4 nitrogen and oxygen atoms in total. The van der Waals surface area contributed by atoms with Gasteiger partial charge in [0.1, 0.15) is 5.75 Å². The summed E-state index contributed by atoms with van der Waals surface area (Å²) in [5.41, 5.74) is 8.28. The molecule has 0 aliphatic rings. The average molecular weight is 280 g/mol. The number of hydrogen-bond acceptors (Lipinski definition) is 4. The van der Waals surface area contributed by atoms with Crippen LogP contribution < -0.4 is 10.5 Å². The van der Waals surface area contributed by atoms with Gasteiger partial charge in [0, 0.05) is 37.8 Å². The van der Waals surface area contributed by atoms with Crippen LogP contribution in [0.25, 0.3) is 0 Å². The second-order valence-corrected chi connectivity index (χ2v) is 5.42. The summed E-state index contributed by atoms with van der Waals surface area (Å²) in [6, 6.07) is 6.66. The molecule has 4 heteroatoms. The van der Waals surface area contributed by atoms with Gasteiger partial charge in [-0.15, -0.1) is 0 Å². The molecule has 2 N–H and O–H groups in total. The highest BCUT2D eigenvalue weighted by Crippen LogP contribution is 2.24. The van der Waals surface area contributed by atoms with Gasteiger partial charge in [0.15, 0.2) is 0 Å². The van der Waals surface area contributed by atoms with Crippen molar-refractivity contribution in [2.75, 3.05) is 27.4 Å². The number of nitrogens with two attached hydrogens (primary N) is 1. The number of nitrogens with zero attached hydrogens (tertiary/aromatic N) is 1. The van der Waals surface area contributed by atoms with Gasteiger partial charge in [-0.2, -0.15) is 0 Å². The standard InChI is InChI=1S/C16H28N2O2/c1-12(2)18(8-9-19-4)11-15-10-14(13(3)17)6-7-16(15)20-5/h6-7,10,12-13H,8-9,11,17H2,1-5H3. The van der Waals surface area contributed by atoms with E-state index in [4.69, 9.17) is 15.2 Å². The molecule has 0 aliphatic carbocycles. The molecule has 1 aromatic carbocycles. The summed E-state index contributed by atoms with van der Waals surface area (Å²) in [4.78, 5) is 2.37. The lowest BCUT2D eigenvalue weighted by Gasteiger charge is -2.27. The molecule has 1 unspecified atom stereocenters. The third kappa shape index (κ3) is 4.78. The van der Waals surface area contributed by atoms with E-state index in [1.54, 1.807) is 14.2 Å². The number of benzene rings is 1. The summed E-state index contributed by atoms with van der Waals surface area (Å²) < 4.78 is 10.7. The van der Waals surface area contributed by atoms with Crippen molar-refractivity contribution >= 4 is 0 Å². The van der Waals surface area contributed by atoms with E-state index < -0.39 is 0 Å². The van der Waals surface area contributed by atoms with Gasteiger partial charge < -0.3 is 15.2 Å². The molecule has 0 saturated carbocycles. The SMILES string of the molecule is COCCN(Cc1cc(C(C)N)ccc1OC)C(C)C. The van der Waals surface area contributed by atoms with Crippen LogP contribution in [0, 0.1) is 0 Å². The average Bonchev–Trinajstić information content (AvgIpc) is 2.42. The summed E-state index contributed by atoms with van der Waals surface area (Å²) in [6.07, 6.45) is 0. The fourth-order valence-corrected chi connectivity index (χ4v) is 2.15.